The molecule has 0 fully saturated rings. The molecular weight excluding hydrogens is 378 g/mol. The maximum atomic E-state index is 12.0. The molecule has 0 heterocycles. The maximum absolute atomic E-state index is 12.0. The molecule has 0 aromatic heterocycles. The third-order valence-electron chi connectivity index (χ3n) is 3.27. The van der Waals surface area contributed by atoms with Gasteiger partial charge >= 0.3 is 0 Å². The highest BCUT2D eigenvalue weighted by Crippen LogP contribution is 2.14. The van der Waals surface area contributed by atoms with Crippen LogP contribution in [0.4, 0.5) is 5.69 Å². The van der Waals surface area contributed by atoms with Crippen LogP contribution in [-0.4, -0.2) is 18.9 Å². The van der Waals surface area contributed by atoms with Crippen LogP contribution in [0.3, 0.4) is 0 Å². The summed E-state index contributed by atoms with van der Waals surface area (Å²) >= 11 is 5.79. The van der Waals surface area contributed by atoms with Crippen LogP contribution in [0.25, 0.3) is 0 Å². The second kappa shape index (κ2) is 8.49. The molecule has 134 valence electrons. The van der Waals surface area contributed by atoms with E-state index in [4.69, 9.17) is 21.4 Å². The Labute approximate surface area is 155 Å². The minimum absolute atomic E-state index is 0.155. The van der Waals surface area contributed by atoms with Crippen LogP contribution >= 0.6 is 11.6 Å². The molecular formula is C17H14ClN3O4S. The van der Waals surface area contributed by atoms with Crippen molar-refractivity contribution in [3.63, 3.8) is 0 Å². The van der Waals surface area contributed by atoms with E-state index >= 15 is 0 Å². The summed E-state index contributed by atoms with van der Waals surface area (Å²) in [6.07, 6.45) is 1.21. The monoisotopic (exact) mass is 391 g/mol. The van der Waals surface area contributed by atoms with Crippen LogP contribution in [-0.2, 0) is 21.5 Å². The highest BCUT2D eigenvalue weighted by Gasteiger charge is 2.10. The standard InChI is InChI=1S/C17H14ClN3O4S/c18-14-3-1-12(2-4-14)10-21-17(22)13(9-19)11-20-15-5-7-16(8-6-15)26(23,24)25/h1-8,11,20H,10H2,(H,21,22)(H,23,24,25)/b13-11-. The second-order valence-corrected chi connectivity index (χ2v) is 6.98. The van der Waals surface area contributed by atoms with E-state index in [0.717, 1.165) is 5.56 Å². The zero-order chi connectivity index (χ0) is 19.2. The summed E-state index contributed by atoms with van der Waals surface area (Å²) in [6, 6.07) is 13.9. The number of nitriles is 1. The number of nitrogens with zero attached hydrogens (tertiary/aromatic N) is 1. The molecule has 0 atom stereocenters. The van der Waals surface area contributed by atoms with Crippen molar-refractivity contribution in [2.45, 2.75) is 11.4 Å². The lowest BCUT2D eigenvalue weighted by atomic mass is 10.2. The molecule has 0 saturated carbocycles. The molecule has 9 heteroatoms. The van der Waals surface area contributed by atoms with Crippen LogP contribution in [0.5, 0.6) is 0 Å². The minimum Gasteiger partial charge on any atom is -0.360 e. The number of hydrogen-bond acceptors (Lipinski definition) is 5. The molecule has 0 aliphatic rings. The van der Waals surface area contributed by atoms with Crippen molar-refractivity contribution >= 4 is 33.3 Å². The van der Waals surface area contributed by atoms with Crippen LogP contribution in [0.2, 0.25) is 5.02 Å². The zero-order valence-electron chi connectivity index (χ0n) is 13.3. The highest BCUT2D eigenvalue weighted by atomic mass is 35.5. The molecule has 2 aromatic rings. The predicted molar refractivity (Wildman–Crippen MR) is 96.9 cm³/mol. The van der Waals surface area contributed by atoms with Crippen molar-refractivity contribution in [1.29, 1.82) is 5.26 Å². The number of carbonyl (C=O) groups excluding carboxylic acids is 1. The van der Waals surface area contributed by atoms with Crippen molar-refractivity contribution in [3.8, 4) is 6.07 Å². The van der Waals surface area contributed by atoms with Crippen molar-refractivity contribution in [1.82, 2.24) is 5.32 Å². The molecule has 0 aliphatic carbocycles. The Bertz CT molecular complexity index is 963. The fourth-order valence-corrected chi connectivity index (χ4v) is 2.51. The van der Waals surface area contributed by atoms with Gasteiger partial charge in [0.2, 0.25) is 0 Å². The number of rotatable bonds is 6. The van der Waals surface area contributed by atoms with Gasteiger partial charge in [0.05, 0.1) is 4.90 Å². The molecule has 7 nitrogen and oxygen atoms in total. The number of carbonyl (C=O) groups is 1. The third-order valence-corrected chi connectivity index (χ3v) is 4.39. The summed E-state index contributed by atoms with van der Waals surface area (Å²) < 4.78 is 30.9. The van der Waals surface area contributed by atoms with E-state index in [9.17, 15) is 13.2 Å². The predicted octanol–water partition coefficient (Wildman–Crippen LogP) is 2.72. The number of hydrogen-bond donors (Lipinski definition) is 3. The van der Waals surface area contributed by atoms with Gasteiger partial charge in [-0.25, -0.2) is 0 Å². The molecule has 0 saturated heterocycles. The maximum Gasteiger partial charge on any atom is 0.294 e. The lowest BCUT2D eigenvalue weighted by molar-refractivity contribution is -0.117. The van der Waals surface area contributed by atoms with Crippen molar-refractivity contribution in [3.05, 3.63) is 70.9 Å². The summed E-state index contributed by atoms with van der Waals surface area (Å²) in [6.45, 7) is 0.234. The molecule has 26 heavy (non-hydrogen) atoms. The summed E-state index contributed by atoms with van der Waals surface area (Å²) in [5.41, 5.74) is 1.11. The molecule has 3 N–H and O–H groups in total. The van der Waals surface area contributed by atoms with Gasteiger partial charge in [-0.05, 0) is 42.0 Å². The number of nitrogens with one attached hydrogen (secondary N) is 2. The Morgan fingerprint density at radius 2 is 1.77 bits per heavy atom. The van der Waals surface area contributed by atoms with Gasteiger partial charge in [-0.3, -0.25) is 9.35 Å². The van der Waals surface area contributed by atoms with E-state index in [-0.39, 0.29) is 17.0 Å². The van der Waals surface area contributed by atoms with Crippen molar-refractivity contribution in [2.24, 2.45) is 0 Å². The van der Waals surface area contributed by atoms with E-state index in [1.165, 1.54) is 30.5 Å². The molecule has 0 radical (unpaired) electrons. The fourth-order valence-electron chi connectivity index (χ4n) is 1.91. The Morgan fingerprint density at radius 3 is 2.31 bits per heavy atom. The molecule has 1 amide bonds. The summed E-state index contributed by atoms with van der Waals surface area (Å²) in [5, 5.41) is 15.0. The van der Waals surface area contributed by atoms with E-state index in [0.29, 0.717) is 10.7 Å². The first-order valence-electron chi connectivity index (χ1n) is 7.26. The molecule has 0 aliphatic heterocycles. The topological polar surface area (TPSA) is 119 Å². The molecule has 2 aromatic carbocycles. The average Bonchev–Trinajstić information content (AvgIpc) is 2.61. The highest BCUT2D eigenvalue weighted by molar-refractivity contribution is 7.85. The molecule has 2 rings (SSSR count). The largest absolute Gasteiger partial charge is 0.360 e. The molecule has 0 unspecified atom stereocenters. The van der Waals surface area contributed by atoms with Gasteiger partial charge in [-0.15, -0.1) is 0 Å². The number of halogens is 1. The molecule has 0 spiro atoms. The SMILES string of the molecule is N#C/C(=C/Nc1ccc(S(=O)(=O)O)cc1)C(=O)NCc1ccc(Cl)cc1. The first-order valence-corrected chi connectivity index (χ1v) is 9.08. The normalized spacial score (nSPS) is 11.5. The molecule has 0 bridgehead atoms. The average molecular weight is 392 g/mol. The lowest BCUT2D eigenvalue weighted by Crippen LogP contribution is -2.24. The van der Waals surface area contributed by atoms with E-state index in [1.807, 2.05) is 0 Å². The lowest BCUT2D eigenvalue weighted by Gasteiger charge is -2.06. The first-order chi connectivity index (χ1) is 12.3. The van der Waals surface area contributed by atoms with Gasteiger partial charge in [0.15, 0.2) is 0 Å². The quantitative estimate of drug-likeness (QED) is 0.395. The van der Waals surface area contributed by atoms with Gasteiger partial charge in [0, 0.05) is 23.5 Å². The fraction of sp³-hybridized carbons (Fsp3) is 0.0588. The number of amides is 1. The van der Waals surface area contributed by atoms with Gasteiger partial charge in [-0.2, -0.15) is 13.7 Å². The Morgan fingerprint density at radius 1 is 1.15 bits per heavy atom. The van der Waals surface area contributed by atoms with Crippen molar-refractivity contribution < 1.29 is 17.8 Å². The summed E-state index contributed by atoms with van der Waals surface area (Å²) in [5.74, 6) is -0.565. The Hall–Kier alpha value is -2.86. The van der Waals surface area contributed by atoms with Gasteiger partial charge < -0.3 is 10.6 Å². The summed E-state index contributed by atoms with van der Waals surface area (Å²) in [7, 11) is -4.27. The number of benzene rings is 2. The van der Waals surface area contributed by atoms with E-state index in [1.54, 1.807) is 30.3 Å². The van der Waals surface area contributed by atoms with E-state index in [2.05, 4.69) is 10.6 Å². The minimum atomic E-state index is -4.27. The Kier molecular flexibility index (Phi) is 6.36. The van der Waals surface area contributed by atoms with E-state index < -0.39 is 16.0 Å². The Balaban J connectivity index is 1.99. The summed E-state index contributed by atoms with van der Waals surface area (Å²) in [4.78, 5) is 11.8. The van der Waals surface area contributed by atoms with Crippen molar-refractivity contribution in [2.75, 3.05) is 5.32 Å². The number of anilines is 1. The van der Waals surface area contributed by atoms with Crippen LogP contribution < -0.4 is 10.6 Å². The van der Waals surface area contributed by atoms with Crippen LogP contribution in [0.1, 0.15) is 5.56 Å². The van der Waals surface area contributed by atoms with Crippen LogP contribution in [0.15, 0.2) is 65.2 Å². The van der Waals surface area contributed by atoms with Gasteiger partial charge in [0.25, 0.3) is 16.0 Å². The van der Waals surface area contributed by atoms with Crippen LogP contribution in [0, 0.1) is 11.3 Å². The third kappa shape index (κ3) is 5.60. The first kappa shape index (κ1) is 19.5. The second-order valence-electron chi connectivity index (χ2n) is 5.12. The van der Waals surface area contributed by atoms with Gasteiger partial charge in [0.1, 0.15) is 11.6 Å². The smallest absolute Gasteiger partial charge is 0.294 e. The van der Waals surface area contributed by atoms with Gasteiger partial charge in [-0.1, -0.05) is 23.7 Å². The zero-order valence-corrected chi connectivity index (χ0v) is 14.9.